The molecule has 1 atom stereocenters. The number of rotatable bonds is 4. The van der Waals surface area contributed by atoms with Crippen molar-refractivity contribution in [2.24, 2.45) is 5.92 Å². The number of hydrogen-bond acceptors (Lipinski definition) is 1. The molecule has 124 valence electrons. The molecule has 0 spiro atoms. The van der Waals surface area contributed by atoms with Crippen molar-refractivity contribution in [2.45, 2.75) is 26.2 Å². The van der Waals surface area contributed by atoms with Crippen molar-refractivity contribution >= 4 is 5.69 Å². The predicted octanol–water partition coefficient (Wildman–Crippen LogP) is 2.83. The second kappa shape index (κ2) is 7.31. The molecule has 0 aromatic heterocycles. The maximum atomic E-state index is 13.0. The van der Waals surface area contributed by atoms with E-state index in [-0.39, 0.29) is 5.82 Å². The largest absolute Gasteiger partial charge is 0.360 e. The first-order valence-corrected chi connectivity index (χ1v) is 8.79. The summed E-state index contributed by atoms with van der Waals surface area (Å²) in [6, 6.07) is 6.89. The van der Waals surface area contributed by atoms with E-state index in [9.17, 15) is 4.39 Å². The third-order valence-electron chi connectivity index (χ3n) is 5.34. The lowest BCUT2D eigenvalue weighted by molar-refractivity contribution is -0.895. The Labute approximate surface area is 139 Å². The Balaban J connectivity index is 1.48. The second-order valence-electron chi connectivity index (χ2n) is 7.07. The van der Waals surface area contributed by atoms with Gasteiger partial charge in [-0.3, -0.25) is 0 Å². The SMILES string of the molecule is C=C(C)[C@H]1CC=C(C[NH+]2CCN(c3ccc(F)cc3)CC2)CC1. The molecule has 3 heteroatoms. The van der Waals surface area contributed by atoms with Gasteiger partial charge in [-0.2, -0.15) is 0 Å². The molecule has 3 rings (SSSR count). The van der Waals surface area contributed by atoms with Crippen LogP contribution in [-0.4, -0.2) is 32.7 Å². The third-order valence-corrected chi connectivity index (χ3v) is 5.34. The van der Waals surface area contributed by atoms with Crippen LogP contribution in [-0.2, 0) is 0 Å². The van der Waals surface area contributed by atoms with Crippen LogP contribution >= 0.6 is 0 Å². The number of hydrogen-bond donors (Lipinski definition) is 1. The van der Waals surface area contributed by atoms with Gasteiger partial charge in [0.15, 0.2) is 0 Å². The Morgan fingerprint density at radius 3 is 2.52 bits per heavy atom. The van der Waals surface area contributed by atoms with Gasteiger partial charge in [-0.15, -0.1) is 0 Å². The van der Waals surface area contributed by atoms with Crippen LogP contribution in [0.4, 0.5) is 10.1 Å². The van der Waals surface area contributed by atoms with E-state index in [0.29, 0.717) is 5.92 Å². The number of anilines is 1. The van der Waals surface area contributed by atoms with Crippen LogP contribution in [0.25, 0.3) is 0 Å². The van der Waals surface area contributed by atoms with Gasteiger partial charge >= 0.3 is 0 Å². The average Bonchev–Trinajstić information content (AvgIpc) is 2.57. The molecule has 0 radical (unpaired) electrons. The molecule has 1 saturated heterocycles. The zero-order chi connectivity index (χ0) is 16.2. The molecule has 1 aliphatic heterocycles. The maximum Gasteiger partial charge on any atom is 0.123 e. The van der Waals surface area contributed by atoms with Crippen LogP contribution in [0.2, 0.25) is 0 Å². The molecular formula is C20H28FN2+. The standard InChI is InChI=1S/C20H27FN2/c1-16(2)18-5-3-17(4-6-18)15-22-11-13-23(14-12-22)20-9-7-19(21)8-10-20/h3,7-10,18H,1,4-6,11-15H2,2H3/p+1/t18-/m0/s1. The third kappa shape index (κ3) is 4.23. The van der Waals surface area contributed by atoms with E-state index in [2.05, 4.69) is 24.5 Å². The number of allylic oxidation sites excluding steroid dienone is 2. The van der Waals surface area contributed by atoms with Crippen LogP contribution in [0.3, 0.4) is 0 Å². The van der Waals surface area contributed by atoms with Crippen molar-refractivity contribution in [1.82, 2.24) is 0 Å². The van der Waals surface area contributed by atoms with Gasteiger partial charge in [-0.1, -0.05) is 18.2 Å². The predicted molar refractivity (Wildman–Crippen MR) is 94.4 cm³/mol. The van der Waals surface area contributed by atoms with Crippen molar-refractivity contribution in [1.29, 1.82) is 0 Å². The smallest absolute Gasteiger partial charge is 0.123 e. The molecule has 1 aromatic carbocycles. The van der Waals surface area contributed by atoms with Crippen molar-refractivity contribution in [3.8, 4) is 0 Å². The van der Waals surface area contributed by atoms with Gasteiger partial charge in [0, 0.05) is 5.69 Å². The number of quaternary nitrogens is 1. The summed E-state index contributed by atoms with van der Waals surface area (Å²) >= 11 is 0. The first kappa shape index (κ1) is 16.3. The van der Waals surface area contributed by atoms with E-state index in [1.807, 2.05) is 12.1 Å². The minimum atomic E-state index is -0.157. The fraction of sp³-hybridized carbons (Fsp3) is 0.500. The van der Waals surface area contributed by atoms with Crippen molar-refractivity contribution in [3.05, 3.63) is 53.9 Å². The average molecular weight is 315 g/mol. The normalized spacial score (nSPS) is 22.8. The molecule has 2 nitrogen and oxygen atoms in total. The maximum absolute atomic E-state index is 13.0. The lowest BCUT2D eigenvalue weighted by Gasteiger charge is -2.34. The summed E-state index contributed by atoms with van der Waals surface area (Å²) in [5.41, 5.74) is 4.11. The first-order valence-electron chi connectivity index (χ1n) is 8.79. The summed E-state index contributed by atoms with van der Waals surface area (Å²) in [7, 11) is 0. The lowest BCUT2D eigenvalue weighted by atomic mass is 9.85. The highest BCUT2D eigenvalue weighted by molar-refractivity contribution is 5.46. The van der Waals surface area contributed by atoms with Gasteiger partial charge in [0.05, 0.1) is 32.7 Å². The summed E-state index contributed by atoms with van der Waals surface area (Å²) in [4.78, 5) is 4.05. The van der Waals surface area contributed by atoms with Crippen molar-refractivity contribution in [2.75, 3.05) is 37.6 Å². The van der Waals surface area contributed by atoms with E-state index in [4.69, 9.17) is 0 Å². The summed E-state index contributed by atoms with van der Waals surface area (Å²) < 4.78 is 13.0. The van der Waals surface area contributed by atoms with Crippen LogP contribution in [0, 0.1) is 11.7 Å². The molecule has 0 unspecified atom stereocenters. The molecule has 0 bridgehead atoms. The highest BCUT2D eigenvalue weighted by atomic mass is 19.1. The fourth-order valence-electron chi connectivity index (χ4n) is 3.73. The summed E-state index contributed by atoms with van der Waals surface area (Å²) in [6.07, 6.45) is 6.15. The second-order valence-corrected chi connectivity index (χ2v) is 7.07. The highest BCUT2D eigenvalue weighted by Crippen LogP contribution is 2.27. The van der Waals surface area contributed by atoms with Gasteiger partial charge in [-0.25, -0.2) is 4.39 Å². The monoisotopic (exact) mass is 315 g/mol. The minimum absolute atomic E-state index is 0.157. The molecule has 2 aliphatic rings. The number of benzene rings is 1. The Morgan fingerprint density at radius 1 is 1.26 bits per heavy atom. The van der Waals surface area contributed by atoms with Crippen molar-refractivity contribution in [3.63, 3.8) is 0 Å². The first-order chi connectivity index (χ1) is 11.1. The zero-order valence-corrected chi connectivity index (χ0v) is 14.2. The minimum Gasteiger partial charge on any atom is -0.360 e. The van der Waals surface area contributed by atoms with Crippen LogP contribution in [0.15, 0.2) is 48.1 Å². The molecule has 1 N–H and O–H groups in total. The Bertz CT molecular complexity index is 568. The quantitative estimate of drug-likeness (QED) is 0.840. The molecule has 0 saturated carbocycles. The number of halogens is 1. The van der Waals surface area contributed by atoms with Crippen LogP contribution < -0.4 is 9.80 Å². The Hall–Kier alpha value is -1.61. The van der Waals surface area contributed by atoms with Crippen LogP contribution in [0.1, 0.15) is 26.2 Å². The topological polar surface area (TPSA) is 7.68 Å². The number of piperazine rings is 1. The van der Waals surface area contributed by atoms with E-state index in [0.717, 1.165) is 18.8 Å². The molecule has 0 amide bonds. The van der Waals surface area contributed by atoms with E-state index in [1.54, 1.807) is 22.6 Å². The summed E-state index contributed by atoms with van der Waals surface area (Å²) in [5, 5.41) is 0. The van der Waals surface area contributed by atoms with Gasteiger partial charge in [-0.05, 0) is 61.9 Å². The highest BCUT2D eigenvalue weighted by Gasteiger charge is 2.23. The van der Waals surface area contributed by atoms with E-state index < -0.39 is 0 Å². The fourth-order valence-corrected chi connectivity index (χ4v) is 3.73. The van der Waals surface area contributed by atoms with Gasteiger partial charge in [0.2, 0.25) is 0 Å². The zero-order valence-electron chi connectivity index (χ0n) is 14.2. The molecule has 1 heterocycles. The number of nitrogens with one attached hydrogen (secondary N) is 1. The molecule has 23 heavy (non-hydrogen) atoms. The molecule has 1 fully saturated rings. The van der Waals surface area contributed by atoms with Gasteiger partial charge in [0.1, 0.15) is 5.82 Å². The Kier molecular flexibility index (Phi) is 5.16. The van der Waals surface area contributed by atoms with Crippen molar-refractivity contribution < 1.29 is 9.29 Å². The van der Waals surface area contributed by atoms with E-state index in [1.165, 1.54) is 44.5 Å². The Morgan fingerprint density at radius 2 is 1.96 bits per heavy atom. The molecule has 1 aliphatic carbocycles. The van der Waals surface area contributed by atoms with E-state index >= 15 is 0 Å². The van der Waals surface area contributed by atoms with Gasteiger partial charge < -0.3 is 9.80 Å². The molecule has 1 aromatic rings. The number of nitrogens with zero attached hydrogens (tertiary/aromatic N) is 1. The lowest BCUT2D eigenvalue weighted by Crippen LogP contribution is -3.15. The van der Waals surface area contributed by atoms with Gasteiger partial charge in [0.25, 0.3) is 0 Å². The summed E-state index contributed by atoms with van der Waals surface area (Å²) in [6.45, 7) is 11.9. The molecular weight excluding hydrogens is 287 g/mol. The van der Waals surface area contributed by atoms with Crippen LogP contribution in [0.5, 0.6) is 0 Å². The summed E-state index contributed by atoms with van der Waals surface area (Å²) in [5.74, 6) is 0.541.